The lowest BCUT2D eigenvalue weighted by molar-refractivity contribution is -0.468. The molecule has 0 bridgehead atoms. The van der Waals surface area contributed by atoms with E-state index < -0.39 is 66.4 Å². The van der Waals surface area contributed by atoms with Gasteiger partial charge in [0.05, 0.1) is 0 Å². The molecule has 0 aliphatic carbocycles. The van der Waals surface area contributed by atoms with E-state index in [0.29, 0.717) is 6.08 Å². The van der Waals surface area contributed by atoms with Crippen LogP contribution >= 0.6 is 0 Å². The standard InChI is InChI=1S/C14H9F19/c1-2-3-4-5-6(15,16)7(17,18)8(19,20)9(21,22)10(23,24)11(25,26)12(27,28)13(29,30)14(31,32)33/h2-3H,4-5H2,1H3. The Morgan fingerprint density at radius 2 is 0.697 bits per heavy atom. The first-order valence-electron chi connectivity index (χ1n) is 7.76. The molecule has 33 heavy (non-hydrogen) atoms. The molecular weight excluding hydrogens is 529 g/mol. The van der Waals surface area contributed by atoms with E-state index in [1.165, 1.54) is 0 Å². The smallest absolute Gasteiger partial charge is 0.200 e. The van der Waals surface area contributed by atoms with Gasteiger partial charge in [0.25, 0.3) is 0 Å². The van der Waals surface area contributed by atoms with Gasteiger partial charge in [-0.1, -0.05) is 12.2 Å². The molecule has 0 saturated heterocycles. The van der Waals surface area contributed by atoms with Crippen molar-refractivity contribution in [2.75, 3.05) is 0 Å². The first-order chi connectivity index (χ1) is 14.1. The Labute approximate surface area is 170 Å². The molecule has 0 aliphatic rings. The summed E-state index contributed by atoms with van der Waals surface area (Å²) in [4.78, 5) is 0. The van der Waals surface area contributed by atoms with Gasteiger partial charge in [-0.3, -0.25) is 0 Å². The fraction of sp³-hybridized carbons (Fsp3) is 0.857. The molecule has 19 heteroatoms. The van der Waals surface area contributed by atoms with E-state index in [-0.39, 0.29) is 0 Å². The molecule has 0 saturated carbocycles. The number of halogens is 19. The predicted octanol–water partition coefficient (Wildman–Crippen LogP) is 7.99. The van der Waals surface area contributed by atoms with Crippen LogP contribution < -0.4 is 0 Å². The van der Waals surface area contributed by atoms with Gasteiger partial charge in [0.1, 0.15) is 0 Å². The highest BCUT2D eigenvalue weighted by Crippen LogP contribution is 2.65. The van der Waals surface area contributed by atoms with E-state index in [0.717, 1.165) is 13.0 Å². The quantitative estimate of drug-likeness (QED) is 0.196. The minimum Gasteiger partial charge on any atom is -0.200 e. The Kier molecular flexibility index (Phi) is 7.87. The average Bonchev–Trinajstić information content (AvgIpc) is 2.59. The van der Waals surface area contributed by atoms with Crippen LogP contribution in [0.5, 0.6) is 0 Å². The van der Waals surface area contributed by atoms with Crippen molar-refractivity contribution >= 4 is 0 Å². The molecule has 0 atom stereocenters. The molecule has 0 aromatic heterocycles. The lowest BCUT2D eigenvalue weighted by Gasteiger charge is -2.43. The Morgan fingerprint density at radius 1 is 0.424 bits per heavy atom. The normalized spacial score (nSPS) is 16.6. The molecule has 0 aliphatic heterocycles. The van der Waals surface area contributed by atoms with Crippen molar-refractivity contribution in [1.29, 1.82) is 0 Å². The minimum atomic E-state index is -8.87. The van der Waals surface area contributed by atoms with Crippen LogP contribution in [0, 0.1) is 0 Å². The van der Waals surface area contributed by atoms with Crippen molar-refractivity contribution in [1.82, 2.24) is 0 Å². The molecule has 0 aromatic carbocycles. The largest absolute Gasteiger partial charge is 0.460 e. The van der Waals surface area contributed by atoms with E-state index in [4.69, 9.17) is 0 Å². The van der Waals surface area contributed by atoms with Crippen LogP contribution in [0.3, 0.4) is 0 Å². The van der Waals surface area contributed by atoms with Gasteiger partial charge >= 0.3 is 53.6 Å². The highest BCUT2D eigenvalue weighted by atomic mass is 19.4. The monoisotopic (exact) mass is 538 g/mol. The van der Waals surface area contributed by atoms with Crippen LogP contribution in [0.15, 0.2) is 12.2 Å². The maximum atomic E-state index is 13.5. The molecule has 0 amide bonds. The number of allylic oxidation sites excluding steroid dienone is 2. The summed E-state index contributed by atoms with van der Waals surface area (Å²) in [5.41, 5.74) is 0. The summed E-state index contributed by atoms with van der Waals surface area (Å²) in [5.74, 6) is -66.0. The van der Waals surface area contributed by atoms with Crippen molar-refractivity contribution in [2.24, 2.45) is 0 Å². The zero-order chi connectivity index (χ0) is 27.3. The third-order valence-electron chi connectivity index (χ3n) is 4.04. The Bertz CT molecular complexity index is 710. The van der Waals surface area contributed by atoms with Crippen molar-refractivity contribution in [3.05, 3.63) is 12.2 Å². The summed E-state index contributed by atoms with van der Waals surface area (Å²) in [5, 5.41) is 0. The second kappa shape index (κ2) is 8.27. The summed E-state index contributed by atoms with van der Waals surface area (Å²) < 4.78 is 248. The molecule has 0 unspecified atom stereocenters. The van der Waals surface area contributed by atoms with Gasteiger partial charge in [-0.25, -0.2) is 0 Å². The predicted molar refractivity (Wildman–Crippen MR) is 69.7 cm³/mol. The summed E-state index contributed by atoms with van der Waals surface area (Å²) in [6, 6.07) is 0. The molecular formula is C14H9F19. The van der Waals surface area contributed by atoms with E-state index in [1.807, 2.05) is 0 Å². The molecule has 0 N–H and O–H groups in total. The third-order valence-corrected chi connectivity index (χ3v) is 4.04. The third kappa shape index (κ3) is 4.20. The molecule has 0 rings (SSSR count). The first kappa shape index (κ1) is 31.4. The fourth-order valence-electron chi connectivity index (χ4n) is 1.98. The minimum absolute atomic E-state index is 0.531. The zero-order valence-electron chi connectivity index (χ0n) is 15.3. The first-order valence-corrected chi connectivity index (χ1v) is 7.76. The topological polar surface area (TPSA) is 0 Å². The summed E-state index contributed by atoms with van der Waals surface area (Å²) in [6.07, 6.45) is -10.4. The van der Waals surface area contributed by atoms with Crippen molar-refractivity contribution in [2.45, 2.75) is 73.3 Å². The maximum Gasteiger partial charge on any atom is 0.460 e. The van der Waals surface area contributed by atoms with Gasteiger partial charge in [-0.05, 0) is 13.3 Å². The lowest BCUT2D eigenvalue weighted by atomic mass is 9.86. The van der Waals surface area contributed by atoms with Crippen LogP contribution in [0.25, 0.3) is 0 Å². The Balaban J connectivity index is 6.76. The molecule has 0 radical (unpaired) electrons. The van der Waals surface area contributed by atoms with Crippen molar-refractivity contribution in [3.8, 4) is 0 Å². The zero-order valence-corrected chi connectivity index (χ0v) is 15.3. The second-order valence-corrected chi connectivity index (χ2v) is 6.33. The Hall–Kier alpha value is -1.59. The SMILES string of the molecule is CC=CCCC(F)(F)C(F)(F)C(F)(F)C(F)(F)C(F)(F)C(F)(F)C(F)(F)C(F)(F)C(F)(F)F. The number of hydrogen-bond acceptors (Lipinski definition) is 0. The fourth-order valence-corrected chi connectivity index (χ4v) is 1.98. The van der Waals surface area contributed by atoms with Crippen molar-refractivity contribution < 1.29 is 83.4 Å². The molecule has 0 spiro atoms. The second-order valence-electron chi connectivity index (χ2n) is 6.33. The van der Waals surface area contributed by atoms with Gasteiger partial charge in [-0.2, -0.15) is 83.4 Å². The lowest BCUT2D eigenvalue weighted by Crippen LogP contribution is -2.75. The van der Waals surface area contributed by atoms with Gasteiger partial charge in [0, 0.05) is 6.42 Å². The summed E-state index contributed by atoms with van der Waals surface area (Å²) in [7, 11) is 0. The maximum absolute atomic E-state index is 13.5. The van der Waals surface area contributed by atoms with Crippen LogP contribution in [0.2, 0.25) is 0 Å². The van der Waals surface area contributed by atoms with E-state index in [1.54, 1.807) is 0 Å². The highest BCUT2D eigenvalue weighted by molar-refractivity contribution is 5.16. The Morgan fingerprint density at radius 3 is 0.970 bits per heavy atom. The summed E-state index contributed by atoms with van der Waals surface area (Å²) >= 11 is 0. The average molecular weight is 538 g/mol. The van der Waals surface area contributed by atoms with Crippen molar-refractivity contribution in [3.63, 3.8) is 0 Å². The molecule has 0 fully saturated rings. The number of rotatable bonds is 10. The van der Waals surface area contributed by atoms with Crippen LogP contribution in [0.1, 0.15) is 19.8 Å². The van der Waals surface area contributed by atoms with E-state index in [2.05, 4.69) is 0 Å². The molecule has 0 aromatic rings. The summed E-state index contributed by atoms with van der Waals surface area (Å²) in [6.45, 7) is 1.04. The van der Waals surface area contributed by atoms with Gasteiger partial charge in [0.2, 0.25) is 0 Å². The highest BCUT2D eigenvalue weighted by Gasteiger charge is 2.96. The number of alkyl halides is 19. The number of hydrogen-bond donors (Lipinski definition) is 0. The van der Waals surface area contributed by atoms with Crippen LogP contribution in [-0.4, -0.2) is 53.6 Å². The van der Waals surface area contributed by atoms with Gasteiger partial charge in [0.15, 0.2) is 0 Å². The van der Waals surface area contributed by atoms with Crippen LogP contribution in [-0.2, 0) is 0 Å². The van der Waals surface area contributed by atoms with E-state index in [9.17, 15) is 83.4 Å². The molecule has 198 valence electrons. The van der Waals surface area contributed by atoms with Crippen LogP contribution in [0.4, 0.5) is 83.4 Å². The molecule has 0 nitrogen and oxygen atoms in total. The van der Waals surface area contributed by atoms with Gasteiger partial charge in [-0.15, -0.1) is 0 Å². The van der Waals surface area contributed by atoms with Gasteiger partial charge < -0.3 is 0 Å². The van der Waals surface area contributed by atoms with E-state index >= 15 is 0 Å². The molecule has 0 heterocycles.